The minimum Gasteiger partial charge on any atom is -0.377 e. The van der Waals surface area contributed by atoms with Crippen LogP contribution in [0.15, 0.2) is 20.4 Å². The molecule has 0 amide bonds. The lowest BCUT2D eigenvalue weighted by atomic mass is 9.75. The standard InChI is InChI=1S/C12H22N6S2/c1-12(2)6-8(15-17-10(13)19-3)5-9(7-12)16-18-11(14)20-4/h5-7H2,1-4H3,(H2,13,17)(H2,14,18)/b15-8-,16-9+. The zero-order valence-corrected chi connectivity index (χ0v) is 14.0. The summed E-state index contributed by atoms with van der Waals surface area (Å²) in [5.41, 5.74) is 13.3. The Labute approximate surface area is 128 Å². The number of hydrogen-bond donors (Lipinski definition) is 2. The number of nitrogens with zero attached hydrogens (tertiary/aromatic N) is 4. The van der Waals surface area contributed by atoms with Crippen molar-refractivity contribution in [1.29, 1.82) is 0 Å². The second-order valence-electron chi connectivity index (χ2n) is 5.31. The van der Waals surface area contributed by atoms with E-state index < -0.39 is 0 Å². The lowest BCUT2D eigenvalue weighted by Crippen LogP contribution is -2.29. The van der Waals surface area contributed by atoms with Crippen molar-refractivity contribution in [2.45, 2.75) is 33.1 Å². The Bertz CT molecular complexity index is 425. The van der Waals surface area contributed by atoms with Gasteiger partial charge in [-0.15, -0.1) is 10.2 Å². The summed E-state index contributed by atoms with van der Waals surface area (Å²) in [5.74, 6) is 0. The molecule has 0 heterocycles. The first-order valence-corrected chi connectivity index (χ1v) is 8.67. The summed E-state index contributed by atoms with van der Waals surface area (Å²) in [4.78, 5) is 0. The van der Waals surface area contributed by atoms with Gasteiger partial charge in [-0.05, 0) is 30.8 Å². The Morgan fingerprint density at radius 3 is 1.70 bits per heavy atom. The van der Waals surface area contributed by atoms with Gasteiger partial charge in [-0.1, -0.05) is 37.4 Å². The third-order valence-corrected chi connectivity index (χ3v) is 3.77. The van der Waals surface area contributed by atoms with E-state index in [1.807, 2.05) is 12.5 Å². The quantitative estimate of drug-likeness (QED) is 0.463. The third kappa shape index (κ3) is 5.96. The average Bonchev–Trinajstić information content (AvgIpc) is 2.40. The Morgan fingerprint density at radius 1 is 0.950 bits per heavy atom. The highest BCUT2D eigenvalue weighted by Gasteiger charge is 2.29. The van der Waals surface area contributed by atoms with Crippen LogP contribution >= 0.6 is 23.5 Å². The Kier molecular flexibility index (Phi) is 6.54. The van der Waals surface area contributed by atoms with Crippen molar-refractivity contribution < 1.29 is 0 Å². The van der Waals surface area contributed by atoms with Crippen LogP contribution in [0.1, 0.15) is 33.1 Å². The summed E-state index contributed by atoms with van der Waals surface area (Å²) in [6.07, 6.45) is 6.20. The molecule has 0 aromatic heterocycles. The maximum atomic E-state index is 5.64. The van der Waals surface area contributed by atoms with E-state index in [1.165, 1.54) is 23.5 Å². The van der Waals surface area contributed by atoms with E-state index in [0.29, 0.717) is 16.8 Å². The van der Waals surface area contributed by atoms with Gasteiger partial charge >= 0.3 is 0 Å². The molecule has 0 atom stereocenters. The third-order valence-electron chi connectivity index (χ3n) is 2.77. The van der Waals surface area contributed by atoms with Gasteiger partial charge in [0.25, 0.3) is 0 Å². The number of amidine groups is 2. The van der Waals surface area contributed by atoms with Crippen LogP contribution in [-0.2, 0) is 0 Å². The van der Waals surface area contributed by atoms with Gasteiger partial charge < -0.3 is 11.5 Å². The van der Waals surface area contributed by atoms with Gasteiger partial charge in [-0.3, -0.25) is 0 Å². The molecule has 6 nitrogen and oxygen atoms in total. The first-order valence-electron chi connectivity index (χ1n) is 6.22. The molecule has 1 aliphatic carbocycles. The van der Waals surface area contributed by atoms with Crippen LogP contribution in [0, 0.1) is 5.41 Å². The molecule has 0 spiro atoms. The monoisotopic (exact) mass is 314 g/mol. The van der Waals surface area contributed by atoms with Crippen molar-refractivity contribution in [3.8, 4) is 0 Å². The van der Waals surface area contributed by atoms with Crippen LogP contribution in [0.3, 0.4) is 0 Å². The SMILES string of the molecule is CSC(N)=N/N=C1\C/C(=N/N=C(N)SC)CC(C)(C)C1. The number of hydrogen-bond acceptors (Lipinski definition) is 6. The van der Waals surface area contributed by atoms with Crippen molar-refractivity contribution in [3.63, 3.8) is 0 Å². The fourth-order valence-corrected chi connectivity index (χ4v) is 2.24. The van der Waals surface area contributed by atoms with Gasteiger partial charge in [-0.2, -0.15) is 10.2 Å². The van der Waals surface area contributed by atoms with Gasteiger partial charge in [0.05, 0.1) is 0 Å². The molecule has 1 saturated carbocycles. The zero-order chi connectivity index (χ0) is 15.2. The molecule has 0 saturated heterocycles. The van der Waals surface area contributed by atoms with Crippen molar-refractivity contribution >= 4 is 45.3 Å². The Morgan fingerprint density at radius 2 is 1.35 bits per heavy atom. The Hall–Kier alpha value is -1.02. The molecule has 0 unspecified atom stereocenters. The average molecular weight is 314 g/mol. The molecule has 4 N–H and O–H groups in total. The fraction of sp³-hybridized carbons (Fsp3) is 0.667. The number of nitrogens with two attached hydrogens (primary N) is 2. The highest BCUT2D eigenvalue weighted by atomic mass is 32.2. The molecular weight excluding hydrogens is 292 g/mol. The molecule has 0 radical (unpaired) electrons. The second kappa shape index (κ2) is 7.68. The predicted molar refractivity (Wildman–Crippen MR) is 92.8 cm³/mol. The summed E-state index contributed by atoms with van der Waals surface area (Å²) >= 11 is 2.76. The van der Waals surface area contributed by atoms with Crippen molar-refractivity contribution in [3.05, 3.63) is 0 Å². The molecule has 0 aliphatic heterocycles. The topological polar surface area (TPSA) is 101 Å². The number of thioether (sulfide) groups is 2. The summed E-state index contributed by atoms with van der Waals surface area (Å²) in [7, 11) is 0. The molecule has 1 rings (SSSR count). The van der Waals surface area contributed by atoms with Gasteiger partial charge in [0.1, 0.15) is 0 Å². The van der Waals surface area contributed by atoms with Crippen LogP contribution in [0.25, 0.3) is 0 Å². The minimum absolute atomic E-state index is 0.100. The molecule has 0 bridgehead atoms. The fourth-order valence-electron chi connectivity index (χ4n) is 1.99. The van der Waals surface area contributed by atoms with E-state index in [4.69, 9.17) is 11.5 Å². The Balaban J connectivity index is 2.91. The van der Waals surface area contributed by atoms with Gasteiger partial charge in [0.15, 0.2) is 10.3 Å². The predicted octanol–water partition coefficient (Wildman–Crippen LogP) is 2.26. The molecule has 8 heteroatoms. The largest absolute Gasteiger partial charge is 0.377 e. The van der Waals surface area contributed by atoms with E-state index in [1.54, 1.807) is 0 Å². The maximum absolute atomic E-state index is 5.64. The maximum Gasteiger partial charge on any atom is 0.180 e. The van der Waals surface area contributed by atoms with E-state index in [0.717, 1.165) is 24.3 Å². The highest BCUT2D eigenvalue weighted by Crippen LogP contribution is 2.32. The summed E-state index contributed by atoms with van der Waals surface area (Å²) in [6, 6.07) is 0. The summed E-state index contributed by atoms with van der Waals surface area (Å²) < 4.78 is 0. The van der Waals surface area contributed by atoms with Crippen LogP contribution < -0.4 is 11.5 Å². The number of rotatable bonds is 2. The van der Waals surface area contributed by atoms with E-state index >= 15 is 0 Å². The minimum atomic E-state index is 0.100. The first-order chi connectivity index (χ1) is 9.36. The van der Waals surface area contributed by atoms with Crippen molar-refractivity contribution in [2.24, 2.45) is 37.3 Å². The van der Waals surface area contributed by atoms with Gasteiger partial charge in [0.2, 0.25) is 0 Å². The highest BCUT2D eigenvalue weighted by molar-refractivity contribution is 8.13. The normalized spacial score (nSPS) is 24.4. The lowest BCUT2D eigenvalue weighted by molar-refractivity contribution is 0.389. The lowest BCUT2D eigenvalue weighted by Gasteiger charge is -2.30. The summed E-state index contributed by atoms with van der Waals surface area (Å²) in [5, 5.41) is 17.4. The van der Waals surface area contributed by atoms with Crippen molar-refractivity contribution in [2.75, 3.05) is 12.5 Å². The van der Waals surface area contributed by atoms with E-state index in [9.17, 15) is 0 Å². The summed E-state index contributed by atoms with van der Waals surface area (Å²) in [6.45, 7) is 4.36. The molecule has 20 heavy (non-hydrogen) atoms. The molecule has 0 aromatic carbocycles. The van der Waals surface area contributed by atoms with Crippen LogP contribution in [-0.4, -0.2) is 34.3 Å². The van der Waals surface area contributed by atoms with E-state index in [2.05, 4.69) is 34.3 Å². The van der Waals surface area contributed by atoms with E-state index in [-0.39, 0.29) is 5.41 Å². The molecule has 1 aliphatic rings. The van der Waals surface area contributed by atoms with Crippen LogP contribution in [0.2, 0.25) is 0 Å². The smallest absolute Gasteiger partial charge is 0.180 e. The molecule has 112 valence electrons. The molecular formula is C12H22N6S2. The van der Waals surface area contributed by atoms with Gasteiger partial charge in [-0.25, -0.2) is 0 Å². The van der Waals surface area contributed by atoms with Crippen LogP contribution in [0.4, 0.5) is 0 Å². The van der Waals surface area contributed by atoms with Crippen LogP contribution in [0.5, 0.6) is 0 Å². The molecule has 1 fully saturated rings. The van der Waals surface area contributed by atoms with Gasteiger partial charge in [0, 0.05) is 17.8 Å². The molecule has 0 aromatic rings. The second-order valence-corrected chi connectivity index (χ2v) is 6.96. The first kappa shape index (κ1) is 17.0. The zero-order valence-electron chi connectivity index (χ0n) is 12.4. The van der Waals surface area contributed by atoms with Crippen molar-refractivity contribution in [1.82, 2.24) is 0 Å².